The zero-order valence-corrected chi connectivity index (χ0v) is 13.8. The number of carbonyl (C=O) groups is 1. The number of nitrogens with zero attached hydrogens (tertiary/aromatic N) is 1. The van der Waals surface area contributed by atoms with E-state index in [9.17, 15) is 4.79 Å². The Kier molecular flexibility index (Phi) is 5.86. The monoisotopic (exact) mass is 349 g/mol. The van der Waals surface area contributed by atoms with Crippen molar-refractivity contribution in [1.29, 1.82) is 5.26 Å². The van der Waals surface area contributed by atoms with E-state index < -0.39 is 6.10 Å². The molecule has 0 saturated carbocycles. The third-order valence-electron chi connectivity index (χ3n) is 2.97. The molecule has 6 heteroatoms. The van der Waals surface area contributed by atoms with Crippen LogP contribution in [-0.4, -0.2) is 11.9 Å². The number of ether oxygens (including phenoxy) is 2. The smallest absolute Gasteiger partial charge is 0.186 e. The second kappa shape index (κ2) is 7.87. The van der Waals surface area contributed by atoms with Crippen LogP contribution in [0.25, 0.3) is 0 Å². The molecule has 0 bridgehead atoms. The van der Waals surface area contributed by atoms with E-state index in [4.69, 9.17) is 37.9 Å². The van der Waals surface area contributed by atoms with Crippen LogP contribution < -0.4 is 9.47 Å². The fraction of sp³-hybridized carbons (Fsp3) is 0.176. The summed E-state index contributed by atoms with van der Waals surface area (Å²) in [7, 11) is 0. The summed E-state index contributed by atoms with van der Waals surface area (Å²) in [5, 5.41) is 9.45. The van der Waals surface area contributed by atoms with Gasteiger partial charge in [-0.25, -0.2) is 0 Å². The van der Waals surface area contributed by atoms with E-state index >= 15 is 0 Å². The van der Waals surface area contributed by atoms with E-state index in [0.717, 1.165) is 0 Å². The van der Waals surface area contributed by atoms with Gasteiger partial charge in [-0.3, -0.25) is 4.79 Å². The van der Waals surface area contributed by atoms with Crippen LogP contribution in [0.5, 0.6) is 17.2 Å². The number of Topliss-reactive ketones (excluding diaryl/α,β-unsaturated/α-hetero) is 1. The number of carbonyl (C=O) groups excluding carboxylic acids is 1. The van der Waals surface area contributed by atoms with E-state index in [1.54, 1.807) is 49.4 Å². The Morgan fingerprint density at radius 1 is 1.17 bits per heavy atom. The molecule has 2 rings (SSSR count). The fourth-order valence-corrected chi connectivity index (χ4v) is 2.21. The molecule has 0 aromatic heterocycles. The lowest BCUT2D eigenvalue weighted by Crippen LogP contribution is -2.23. The summed E-state index contributed by atoms with van der Waals surface area (Å²) in [6.07, 6.45) is -0.843. The molecular formula is C17H13Cl2NO3. The predicted molar refractivity (Wildman–Crippen MR) is 88.3 cm³/mol. The van der Waals surface area contributed by atoms with Gasteiger partial charge < -0.3 is 9.47 Å². The zero-order chi connectivity index (χ0) is 16.8. The molecule has 0 spiro atoms. The normalized spacial score (nSPS) is 11.4. The number of benzene rings is 2. The maximum Gasteiger partial charge on any atom is 0.186 e. The van der Waals surface area contributed by atoms with Gasteiger partial charge in [0.1, 0.15) is 17.2 Å². The van der Waals surface area contributed by atoms with E-state index in [0.29, 0.717) is 27.3 Å². The van der Waals surface area contributed by atoms with Gasteiger partial charge in [0.2, 0.25) is 0 Å². The fourth-order valence-electron chi connectivity index (χ4n) is 1.76. The summed E-state index contributed by atoms with van der Waals surface area (Å²) in [6, 6.07) is 13.5. The van der Waals surface area contributed by atoms with Crippen molar-refractivity contribution in [1.82, 2.24) is 0 Å². The molecule has 1 atom stereocenters. The quantitative estimate of drug-likeness (QED) is 0.733. The molecule has 118 valence electrons. The molecule has 0 aliphatic heterocycles. The van der Waals surface area contributed by atoms with Crippen LogP contribution in [0.4, 0.5) is 0 Å². The van der Waals surface area contributed by atoms with Crippen LogP contribution >= 0.6 is 23.2 Å². The van der Waals surface area contributed by atoms with Gasteiger partial charge in [0.25, 0.3) is 0 Å². The molecular weight excluding hydrogens is 337 g/mol. The van der Waals surface area contributed by atoms with Crippen molar-refractivity contribution < 1.29 is 14.3 Å². The second-order valence-corrected chi connectivity index (χ2v) is 5.55. The Labute approximate surface area is 144 Å². The highest BCUT2D eigenvalue weighted by atomic mass is 35.5. The number of ketones is 1. The highest BCUT2D eigenvalue weighted by Gasteiger charge is 2.14. The molecule has 1 unspecified atom stereocenters. The highest BCUT2D eigenvalue weighted by Crippen LogP contribution is 2.32. The zero-order valence-electron chi connectivity index (χ0n) is 12.3. The Morgan fingerprint density at radius 2 is 1.83 bits per heavy atom. The maximum atomic E-state index is 11.5. The van der Waals surface area contributed by atoms with E-state index in [1.165, 1.54) is 0 Å². The van der Waals surface area contributed by atoms with Crippen LogP contribution in [0.15, 0.2) is 42.5 Å². The van der Waals surface area contributed by atoms with Crippen molar-refractivity contribution in [2.75, 3.05) is 0 Å². The molecule has 0 fully saturated rings. The van der Waals surface area contributed by atoms with Gasteiger partial charge in [0.05, 0.1) is 17.5 Å². The van der Waals surface area contributed by atoms with Gasteiger partial charge >= 0.3 is 0 Å². The van der Waals surface area contributed by atoms with Crippen LogP contribution in [-0.2, 0) is 4.79 Å². The minimum absolute atomic E-state index is 0.169. The molecule has 0 saturated heterocycles. The van der Waals surface area contributed by atoms with E-state index in [1.807, 2.05) is 6.07 Å². The molecule has 0 radical (unpaired) electrons. The lowest BCUT2D eigenvalue weighted by Gasteiger charge is -2.13. The van der Waals surface area contributed by atoms with Crippen LogP contribution in [0.3, 0.4) is 0 Å². The van der Waals surface area contributed by atoms with Crippen LogP contribution in [0.2, 0.25) is 10.0 Å². The first kappa shape index (κ1) is 17.1. The van der Waals surface area contributed by atoms with Crippen LogP contribution in [0.1, 0.15) is 13.3 Å². The molecule has 0 aliphatic carbocycles. The number of hydrogen-bond acceptors (Lipinski definition) is 4. The van der Waals surface area contributed by atoms with Gasteiger partial charge in [-0.2, -0.15) is 5.26 Å². The molecule has 2 aromatic carbocycles. The summed E-state index contributed by atoms with van der Waals surface area (Å²) in [4.78, 5) is 11.5. The maximum absolute atomic E-state index is 11.5. The minimum Gasteiger partial charge on any atom is -0.483 e. The molecule has 0 heterocycles. The number of hydrogen-bond donors (Lipinski definition) is 0. The lowest BCUT2D eigenvalue weighted by atomic mass is 10.2. The topological polar surface area (TPSA) is 59.3 Å². The lowest BCUT2D eigenvalue weighted by molar-refractivity contribution is -0.124. The molecule has 2 aromatic rings. The minimum atomic E-state index is -0.674. The molecule has 0 amide bonds. The molecule has 23 heavy (non-hydrogen) atoms. The molecule has 0 aliphatic rings. The summed E-state index contributed by atoms with van der Waals surface area (Å²) >= 11 is 11.9. The first-order valence-electron chi connectivity index (χ1n) is 6.79. The van der Waals surface area contributed by atoms with Crippen molar-refractivity contribution in [3.63, 3.8) is 0 Å². The summed E-state index contributed by atoms with van der Waals surface area (Å²) in [6.45, 7) is 1.61. The van der Waals surface area contributed by atoms with E-state index in [-0.39, 0.29) is 12.2 Å². The average molecular weight is 350 g/mol. The Bertz CT molecular complexity index is 738. The van der Waals surface area contributed by atoms with Crippen molar-refractivity contribution in [3.8, 4) is 23.3 Å². The Balaban J connectivity index is 2.02. The Hall–Kier alpha value is -2.22. The van der Waals surface area contributed by atoms with Crippen molar-refractivity contribution >= 4 is 29.0 Å². The SMILES string of the molecule is CC(Oc1ccc(Oc2ccc(Cl)cc2Cl)cc1)C(=O)CC#N. The first-order valence-corrected chi connectivity index (χ1v) is 7.54. The van der Waals surface area contributed by atoms with Gasteiger partial charge in [0, 0.05) is 5.02 Å². The first-order chi connectivity index (χ1) is 11.0. The summed E-state index contributed by atoms with van der Waals surface area (Å²) in [5.41, 5.74) is 0. The van der Waals surface area contributed by atoms with E-state index in [2.05, 4.69) is 0 Å². The number of nitriles is 1. The van der Waals surface area contributed by atoms with Gasteiger partial charge in [-0.1, -0.05) is 23.2 Å². The third kappa shape index (κ3) is 4.88. The molecule has 4 nitrogen and oxygen atoms in total. The van der Waals surface area contributed by atoms with Crippen molar-refractivity contribution in [2.45, 2.75) is 19.4 Å². The average Bonchev–Trinajstić information content (AvgIpc) is 2.52. The highest BCUT2D eigenvalue weighted by molar-refractivity contribution is 6.35. The largest absolute Gasteiger partial charge is 0.483 e. The number of rotatable bonds is 6. The standard InChI is InChI=1S/C17H13Cl2NO3/c1-11(16(21)8-9-20)22-13-3-5-14(6-4-13)23-17-7-2-12(18)10-15(17)19/h2-7,10-11H,8H2,1H3. The van der Waals surface area contributed by atoms with Crippen molar-refractivity contribution in [2.24, 2.45) is 0 Å². The number of halogens is 2. The van der Waals surface area contributed by atoms with Crippen LogP contribution in [0, 0.1) is 11.3 Å². The summed E-state index contributed by atoms with van der Waals surface area (Å²) < 4.78 is 11.1. The van der Waals surface area contributed by atoms with Crippen molar-refractivity contribution in [3.05, 3.63) is 52.5 Å². The van der Waals surface area contributed by atoms with Gasteiger partial charge in [-0.05, 0) is 49.4 Å². The molecule has 0 N–H and O–H groups in total. The van der Waals surface area contributed by atoms with Gasteiger partial charge in [0.15, 0.2) is 11.9 Å². The third-order valence-corrected chi connectivity index (χ3v) is 3.50. The predicted octanol–water partition coefficient (Wildman–Crippen LogP) is 5.04. The van der Waals surface area contributed by atoms with Gasteiger partial charge in [-0.15, -0.1) is 0 Å². The summed E-state index contributed by atoms with van der Waals surface area (Å²) in [5.74, 6) is 1.30. The second-order valence-electron chi connectivity index (χ2n) is 4.71. The Morgan fingerprint density at radius 3 is 2.43 bits per heavy atom.